The average molecular weight is 418 g/mol. The summed E-state index contributed by atoms with van der Waals surface area (Å²) in [7, 11) is 0. The fraction of sp³-hybridized carbons (Fsp3) is 0.500. The van der Waals surface area contributed by atoms with Crippen molar-refractivity contribution in [3.05, 3.63) is 28.2 Å². The zero-order valence-electron chi connectivity index (χ0n) is 14.9. The summed E-state index contributed by atoms with van der Waals surface area (Å²) in [5, 5.41) is 0.725. The number of rotatable bonds is 7. The van der Waals surface area contributed by atoms with Crippen molar-refractivity contribution in [3.8, 4) is 5.75 Å². The lowest BCUT2D eigenvalue weighted by molar-refractivity contribution is -0.155. The van der Waals surface area contributed by atoms with Crippen molar-refractivity contribution in [1.82, 2.24) is 4.90 Å². The molecule has 1 fully saturated rings. The van der Waals surface area contributed by atoms with Crippen LogP contribution in [0.15, 0.2) is 18.2 Å². The topological polar surface area (TPSA) is 82.1 Å². The first-order valence-electron chi connectivity index (χ1n) is 8.58. The molecule has 7 nitrogen and oxygen atoms in total. The molecule has 0 atom stereocenters. The highest BCUT2D eigenvalue weighted by atomic mass is 35.5. The summed E-state index contributed by atoms with van der Waals surface area (Å²) in [6.07, 6.45) is 1.08. The van der Waals surface area contributed by atoms with Gasteiger partial charge < -0.3 is 19.1 Å². The highest BCUT2D eigenvalue weighted by Crippen LogP contribution is 2.27. The molecule has 0 radical (unpaired) electrons. The van der Waals surface area contributed by atoms with Gasteiger partial charge in [-0.1, -0.05) is 23.2 Å². The number of piperidine rings is 1. The number of hydrogen-bond acceptors (Lipinski definition) is 6. The molecule has 27 heavy (non-hydrogen) atoms. The fourth-order valence-electron chi connectivity index (χ4n) is 2.63. The number of hydrogen-bond donors (Lipinski definition) is 0. The standard InChI is InChI=1S/C18H21Cl2NO6/c1-2-25-18(24)12-5-7-21(8-6-12)16(22)10-27-17(23)11-26-15-4-3-13(19)9-14(15)20/h3-4,9,12H,2,5-8,10-11H2,1H3. The molecule has 0 unspecified atom stereocenters. The van der Waals surface area contributed by atoms with Gasteiger partial charge in [-0.25, -0.2) is 4.79 Å². The summed E-state index contributed by atoms with van der Waals surface area (Å²) >= 11 is 11.7. The molecule has 1 amide bonds. The number of carbonyl (C=O) groups is 3. The van der Waals surface area contributed by atoms with E-state index in [0.717, 1.165) is 0 Å². The second-order valence-electron chi connectivity index (χ2n) is 5.93. The molecular formula is C18H21Cl2NO6. The van der Waals surface area contributed by atoms with Crippen molar-refractivity contribution in [2.75, 3.05) is 32.9 Å². The maximum Gasteiger partial charge on any atom is 0.344 e. The SMILES string of the molecule is CCOC(=O)C1CCN(C(=O)COC(=O)COc2ccc(Cl)cc2Cl)CC1. The molecule has 1 aromatic rings. The second kappa shape index (κ2) is 10.4. The lowest BCUT2D eigenvalue weighted by Crippen LogP contribution is -2.42. The van der Waals surface area contributed by atoms with E-state index in [0.29, 0.717) is 43.3 Å². The molecule has 2 rings (SSSR count). The maximum atomic E-state index is 12.1. The highest BCUT2D eigenvalue weighted by Gasteiger charge is 2.28. The van der Waals surface area contributed by atoms with Gasteiger partial charge in [0.15, 0.2) is 13.2 Å². The Hall–Kier alpha value is -1.99. The van der Waals surface area contributed by atoms with Gasteiger partial charge in [-0.2, -0.15) is 0 Å². The third kappa shape index (κ3) is 6.59. The molecule has 1 aliphatic rings. The molecule has 1 aliphatic heterocycles. The van der Waals surface area contributed by atoms with E-state index in [-0.39, 0.29) is 36.0 Å². The highest BCUT2D eigenvalue weighted by molar-refractivity contribution is 6.35. The monoisotopic (exact) mass is 417 g/mol. The molecule has 1 heterocycles. The zero-order chi connectivity index (χ0) is 19.8. The molecule has 0 saturated carbocycles. The molecule has 1 aromatic carbocycles. The number of halogens is 2. The van der Waals surface area contributed by atoms with Crippen LogP contribution in [0.3, 0.4) is 0 Å². The molecule has 1 saturated heterocycles. The van der Waals surface area contributed by atoms with E-state index in [4.69, 9.17) is 37.4 Å². The Kier molecular flexibility index (Phi) is 8.19. The number of amides is 1. The van der Waals surface area contributed by atoms with Gasteiger partial charge in [0.25, 0.3) is 5.91 Å². The Bertz CT molecular complexity index is 688. The summed E-state index contributed by atoms with van der Waals surface area (Å²) in [5.41, 5.74) is 0. The van der Waals surface area contributed by atoms with Crippen molar-refractivity contribution in [3.63, 3.8) is 0 Å². The minimum absolute atomic E-state index is 0.186. The van der Waals surface area contributed by atoms with E-state index >= 15 is 0 Å². The number of carbonyl (C=O) groups excluding carboxylic acids is 3. The molecule has 9 heteroatoms. The largest absolute Gasteiger partial charge is 0.480 e. The Morgan fingerprint density at radius 3 is 2.44 bits per heavy atom. The third-order valence-electron chi connectivity index (χ3n) is 4.06. The molecule has 0 aromatic heterocycles. The van der Waals surface area contributed by atoms with Crippen LogP contribution in [0.5, 0.6) is 5.75 Å². The second-order valence-corrected chi connectivity index (χ2v) is 6.77. The van der Waals surface area contributed by atoms with Crippen molar-refractivity contribution < 1.29 is 28.6 Å². The van der Waals surface area contributed by atoms with Crippen LogP contribution in [-0.2, 0) is 23.9 Å². The van der Waals surface area contributed by atoms with Gasteiger partial charge >= 0.3 is 11.9 Å². The van der Waals surface area contributed by atoms with Crippen LogP contribution in [0.25, 0.3) is 0 Å². The predicted octanol–water partition coefficient (Wildman–Crippen LogP) is 2.72. The van der Waals surface area contributed by atoms with Gasteiger partial charge in [-0.15, -0.1) is 0 Å². The summed E-state index contributed by atoms with van der Waals surface area (Å²) in [5.74, 6) is -1.11. The van der Waals surface area contributed by atoms with Gasteiger partial charge in [0, 0.05) is 18.1 Å². The van der Waals surface area contributed by atoms with E-state index in [1.54, 1.807) is 17.9 Å². The van der Waals surface area contributed by atoms with Crippen LogP contribution >= 0.6 is 23.2 Å². The average Bonchev–Trinajstić information content (AvgIpc) is 2.65. The van der Waals surface area contributed by atoms with Gasteiger partial charge in [-0.3, -0.25) is 9.59 Å². The number of esters is 2. The Morgan fingerprint density at radius 2 is 1.81 bits per heavy atom. The van der Waals surface area contributed by atoms with Crippen molar-refractivity contribution in [1.29, 1.82) is 0 Å². The molecular weight excluding hydrogens is 397 g/mol. The third-order valence-corrected chi connectivity index (χ3v) is 4.59. The summed E-state index contributed by atoms with van der Waals surface area (Å²) < 4.78 is 15.2. The maximum absolute atomic E-state index is 12.1. The Morgan fingerprint density at radius 1 is 1.11 bits per heavy atom. The first-order chi connectivity index (χ1) is 12.9. The first-order valence-corrected chi connectivity index (χ1v) is 9.34. The van der Waals surface area contributed by atoms with Crippen LogP contribution < -0.4 is 4.74 Å². The molecule has 148 valence electrons. The van der Waals surface area contributed by atoms with Crippen LogP contribution in [0.1, 0.15) is 19.8 Å². The Balaban J connectivity index is 1.69. The molecule has 0 spiro atoms. The van der Waals surface area contributed by atoms with E-state index < -0.39 is 5.97 Å². The number of nitrogens with zero attached hydrogens (tertiary/aromatic N) is 1. The lowest BCUT2D eigenvalue weighted by atomic mass is 9.97. The van der Waals surface area contributed by atoms with E-state index in [1.807, 2.05) is 0 Å². The number of benzene rings is 1. The van der Waals surface area contributed by atoms with Gasteiger partial charge in [0.05, 0.1) is 17.5 Å². The molecule has 0 bridgehead atoms. The molecule has 0 N–H and O–H groups in total. The molecule has 0 aliphatic carbocycles. The summed E-state index contributed by atoms with van der Waals surface area (Å²) in [4.78, 5) is 37.1. The minimum atomic E-state index is -0.684. The normalized spacial score (nSPS) is 14.6. The summed E-state index contributed by atoms with van der Waals surface area (Å²) in [6, 6.07) is 4.61. The van der Waals surface area contributed by atoms with Gasteiger partial charge in [0.1, 0.15) is 5.75 Å². The van der Waals surface area contributed by atoms with E-state index in [9.17, 15) is 14.4 Å². The van der Waals surface area contributed by atoms with Gasteiger partial charge in [-0.05, 0) is 38.0 Å². The quantitative estimate of drug-likeness (QED) is 0.634. The first kappa shape index (κ1) is 21.3. The van der Waals surface area contributed by atoms with E-state index in [1.165, 1.54) is 12.1 Å². The minimum Gasteiger partial charge on any atom is -0.480 e. The van der Waals surface area contributed by atoms with Crippen molar-refractivity contribution in [2.45, 2.75) is 19.8 Å². The van der Waals surface area contributed by atoms with Crippen LogP contribution in [0.4, 0.5) is 0 Å². The van der Waals surface area contributed by atoms with Crippen molar-refractivity contribution >= 4 is 41.0 Å². The lowest BCUT2D eigenvalue weighted by Gasteiger charge is -2.30. The zero-order valence-corrected chi connectivity index (χ0v) is 16.4. The van der Waals surface area contributed by atoms with Crippen LogP contribution in [-0.4, -0.2) is 55.7 Å². The Labute approximate surface area is 167 Å². The van der Waals surface area contributed by atoms with Crippen molar-refractivity contribution in [2.24, 2.45) is 5.92 Å². The van der Waals surface area contributed by atoms with Crippen LogP contribution in [0.2, 0.25) is 10.0 Å². The van der Waals surface area contributed by atoms with E-state index in [2.05, 4.69) is 0 Å². The van der Waals surface area contributed by atoms with Crippen LogP contribution in [0, 0.1) is 5.92 Å². The smallest absolute Gasteiger partial charge is 0.344 e. The number of likely N-dealkylation sites (tertiary alicyclic amines) is 1. The summed E-state index contributed by atoms with van der Waals surface area (Å²) in [6.45, 7) is 2.21. The number of ether oxygens (including phenoxy) is 3. The predicted molar refractivity (Wildman–Crippen MR) is 98.9 cm³/mol. The van der Waals surface area contributed by atoms with Gasteiger partial charge in [0.2, 0.25) is 0 Å². The fourth-order valence-corrected chi connectivity index (χ4v) is 3.09.